The third kappa shape index (κ3) is 1.95. The van der Waals surface area contributed by atoms with Crippen LogP contribution in [0, 0.1) is 35.5 Å². The minimum absolute atomic E-state index is 0.164. The Hall–Kier alpha value is -2.63. The molecule has 26 heavy (non-hydrogen) atoms. The summed E-state index contributed by atoms with van der Waals surface area (Å²) in [4.78, 5) is 25.8. The van der Waals surface area contributed by atoms with E-state index in [1.54, 1.807) is 20.3 Å². The molecular formula is C20H20N2O4. The van der Waals surface area contributed by atoms with Crippen molar-refractivity contribution in [1.82, 2.24) is 5.01 Å². The van der Waals surface area contributed by atoms with Crippen molar-refractivity contribution in [3.8, 4) is 11.5 Å². The van der Waals surface area contributed by atoms with Gasteiger partial charge in [-0.05, 0) is 42.2 Å². The van der Waals surface area contributed by atoms with Gasteiger partial charge in [0.25, 0.3) is 11.8 Å². The van der Waals surface area contributed by atoms with Gasteiger partial charge in [0.1, 0.15) is 0 Å². The Morgan fingerprint density at radius 1 is 1.04 bits per heavy atom. The van der Waals surface area contributed by atoms with Crippen molar-refractivity contribution in [3.63, 3.8) is 0 Å². The lowest BCUT2D eigenvalue weighted by Gasteiger charge is -2.37. The number of benzene rings is 1. The van der Waals surface area contributed by atoms with Crippen molar-refractivity contribution in [2.45, 2.75) is 6.42 Å². The van der Waals surface area contributed by atoms with Crippen molar-refractivity contribution in [2.24, 2.45) is 40.6 Å². The maximum absolute atomic E-state index is 12.9. The van der Waals surface area contributed by atoms with Crippen molar-refractivity contribution in [2.75, 3.05) is 14.2 Å². The van der Waals surface area contributed by atoms with Crippen LogP contribution >= 0.6 is 0 Å². The van der Waals surface area contributed by atoms with Crippen LogP contribution in [0.2, 0.25) is 0 Å². The highest BCUT2D eigenvalue weighted by Gasteiger charge is 2.67. The fraction of sp³-hybridized carbons (Fsp3) is 0.450. The summed E-state index contributed by atoms with van der Waals surface area (Å²) in [5.41, 5.74) is 0.659. The summed E-state index contributed by atoms with van der Waals surface area (Å²) in [6.07, 6.45) is 6.97. The molecule has 6 atom stereocenters. The molecule has 2 amide bonds. The number of para-hydroxylation sites is 1. The third-order valence-corrected chi connectivity index (χ3v) is 6.39. The van der Waals surface area contributed by atoms with Crippen LogP contribution in [0.5, 0.6) is 11.5 Å². The summed E-state index contributed by atoms with van der Waals surface area (Å²) < 4.78 is 10.7. The Morgan fingerprint density at radius 3 is 2.27 bits per heavy atom. The largest absolute Gasteiger partial charge is 0.493 e. The van der Waals surface area contributed by atoms with E-state index < -0.39 is 0 Å². The molecule has 0 N–H and O–H groups in total. The van der Waals surface area contributed by atoms with E-state index in [0.29, 0.717) is 28.9 Å². The van der Waals surface area contributed by atoms with Crippen molar-refractivity contribution in [3.05, 3.63) is 35.9 Å². The molecule has 1 heterocycles. The van der Waals surface area contributed by atoms with Crippen molar-refractivity contribution in [1.29, 1.82) is 0 Å². The number of methoxy groups -OCH3 is 2. The van der Waals surface area contributed by atoms with Gasteiger partial charge in [-0.25, -0.2) is 0 Å². The lowest BCUT2D eigenvalue weighted by molar-refractivity contribution is -0.140. The Labute approximate surface area is 151 Å². The normalized spacial score (nSPS) is 36.5. The Kier molecular flexibility index (Phi) is 3.26. The zero-order valence-corrected chi connectivity index (χ0v) is 14.7. The van der Waals surface area contributed by atoms with Gasteiger partial charge in [-0.15, -0.1) is 0 Å². The molecule has 6 rings (SSSR count). The predicted molar refractivity (Wildman–Crippen MR) is 93.7 cm³/mol. The van der Waals surface area contributed by atoms with Crippen LogP contribution in [-0.2, 0) is 9.59 Å². The molecule has 5 aliphatic rings. The number of imide groups is 1. The standard InChI is InChI=1S/C20H20N2O4/c1-25-15-5-3-4-10(18(15)26-2)9-21-22-19(23)16-11-6-7-12(14-8-13(11)14)17(16)20(22)24/h3-7,9,11-14,16-17H,8H2,1-2H3/b21-9-/t11-,12-,13-,14-,16-,17+/m1/s1. The van der Waals surface area contributed by atoms with Crippen LogP contribution in [-0.4, -0.2) is 37.3 Å². The Morgan fingerprint density at radius 2 is 1.69 bits per heavy atom. The molecule has 0 radical (unpaired) electrons. The van der Waals surface area contributed by atoms with Gasteiger partial charge in [0.05, 0.1) is 32.3 Å². The number of carbonyl (C=O) groups is 2. The number of nitrogens with zero attached hydrogens (tertiary/aromatic N) is 2. The number of rotatable bonds is 4. The second-order valence-electron chi connectivity index (χ2n) is 7.47. The minimum atomic E-state index is -0.231. The summed E-state index contributed by atoms with van der Waals surface area (Å²) in [5, 5.41) is 5.32. The molecular weight excluding hydrogens is 332 g/mol. The first kappa shape index (κ1) is 15.6. The van der Waals surface area contributed by atoms with Gasteiger partial charge < -0.3 is 9.47 Å². The van der Waals surface area contributed by atoms with Crippen LogP contribution in [0.25, 0.3) is 0 Å². The minimum Gasteiger partial charge on any atom is -0.493 e. The molecule has 0 unspecified atom stereocenters. The maximum Gasteiger partial charge on any atom is 0.254 e. The van der Waals surface area contributed by atoms with E-state index in [0.717, 1.165) is 11.4 Å². The second kappa shape index (κ2) is 5.43. The summed E-state index contributed by atoms with van der Waals surface area (Å²) in [5.74, 6) is 1.90. The van der Waals surface area contributed by atoms with E-state index in [1.165, 1.54) is 6.21 Å². The molecule has 6 nitrogen and oxygen atoms in total. The summed E-state index contributed by atoms with van der Waals surface area (Å²) in [7, 11) is 3.11. The number of carbonyl (C=O) groups excluding carboxylic acids is 2. The zero-order valence-electron chi connectivity index (χ0n) is 14.7. The lowest BCUT2D eigenvalue weighted by Crippen LogP contribution is -2.40. The quantitative estimate of drug-likeness (QED) is 0.473. The summed E-state index contributed by atoms with van der Waals surface area (Å²) in [6, 6.07) is 5.41. The van der Waals surface area contributed by atoms with Gasteiger partial charge >= 0.3 is 0 Å². The number of hydrogen-bond acceptors (Lipinski definition) is 5. The van der Waals surface area contributed by atoms with Crippen LogP contribution in [0.15, 0.2) is 35.5 Å². The molecule has 2 bridgehead atoms. The van der Waals surface area contributed by atoms with Crippen LogP contribution in [0.4, 0.5) is 0 Å². The molecule has 1 aliphatic heterocycles. The van der Waals surface area contributed by atoms with Crippen LogP contribution in [0.1, 0.15) is 12.0 Å². The smallest absolute Gasteiger partial charge is 0.254 e. The fourth-order valence-electron chi connectivity index (χ4n) is 5.19. The average Bonchev–Trinajstić information content (AvgIpc) is 3.45. The van der Waals surface area contributed by atoms with Crippen molar-refractivity contribution >= 4 is 18.0 Å². The fourth-order valence-corrected chi connectivity index (χ4v) is 5.19. The summed E-state index contributed by atoms with van der Waals surface area (Å²) in [6.45, 7) is 0. The van der Waals surface area contributed by atoms with Gasteiger partial charge in [-0.3, -0.25) is 9.59 Å². The highest BCUT2D eigenvalue weighted by Crippen LogP contribution is 2.65. The van der Waals surface area contributed by atoms with E-state index in [2.05, 4.69) is 17.3 Å². The highest BCUT2D eigenvalue weighted by molar-refractivity contribution is 6.06. The monoisotopic (exact) mass is 352 g/mol. The van der Waals surface area contributed by atoms with E-state index >= 15 is 0 Å². The average molecular weight is 352 g/mol. The first-order valence-electron chi connectivity index (χ1n) is 8.96. The molecule has 2 saturated carbocycles. The Bertz CT molecular complexity index is 825. The molecule has 3 fully saturated rings. The molecule has 0 spiro atoms. The Balaban J connectivity index is 1.45. The highest BCUT2D eigenvalue weighted by atomic mass is 16.5. The van der Waals surface area contributed by atoms with Gasteiger partial charge in [0, 0.05) is 5.56 Å². The molecule has 0 aromatic heterocycles. The first-order chi connectivity index (χ1) is 12.7. The number of amides is 2. The second-order valence-corrected chi connectivity index (χ2v) is 7.47. The number of allylic oxidation sites excluding steroid dienone is 2. The summed E-state index contributed by atoms with van der Waals surface area (Å²) >= 11 is 0. The van der Waals surface area contributed by atoms with E-state index in [4.69, 9.17) is 9.47 Å². The van der Waals surface area contributed by atoms with E-state index in [-0.39, 0.29) is 35.5 Å². The number of ether oxygens (including phenoxy) is 2. The number of hydrogen-bond donors (Lipinski definition) is 0. The molecule has 4 aliphatic carbocycles. The molecule has 1 aromatic rings. The lowest BCUT2D eigenvalue weighted by atomic mass is 9.63. The van der Waals surface area contributed by atoms with Crippen LogP contribution < -0.4 is 9.47 Å². The molecule has 1 aromatic carbocycles. The van der Waals surface area contributed by atoms with Gasteiger partial charge in [-0.1, -0.05) is 18.2 Å². The van der Waals surface area contributed by atoms with Gasteiger partial charge in [0.2, 0.25) is 0 Å². The van der Waals surface area contributed by atoms with Gasteiger partial charge in [0.15, 0.2) is 11.5 Å². The first-order valence-corrected chi connectivity index (χ1v) is 8.96. The SMILES string of the molecule is COc1cccc(/C=N\N2C(=O)[C@@H]3[C@@H]4C=C[C@H]([C@H]5C[C@H]45)[C@@H]3C2=O)c1OC. The molecule has 1 saturated heterocycles. The van der Waals surface area contributed by atoms with E-state index in [9.17, 15) is 9.59 Å². The molecule has 134 valence electrons. The third-order valence-electron chi connectivity index (χ3n) is 6.39. The molecule has 6 heteroatoms. The van der Waals surface area contributed by atoms with E-state index in [1.807, 2.05) is 12.1 Å². The van der Waals surface area contributed by atoms with Gasteiger partial charge in [-0.2, -0.15) is 10.1 Å². The topological polar surface area (TPSA) is 68.2 Å². The van der Waals surface area contributed by atoms with Crippen molar-refractivity contribution < 1.29 is 19.1 Å². The zero-order chi connectivity index (χ0) is 18.0. The number of hydrazone groups is 1. The van der Waals surface area contributed by atoms with Crippen LogP contribution in [0.3, 0.4) is 0 Å². The predicted octanol–water partition coefficient (Wildman–Crippen LogP) is 2.09. The maximum atomic E-state index is 12.9.